The minimum absolute atomic E-state index is 0.387. The zero-order chi connectivity index (χ0) is 18.9. The normalized spacial score (nSPS) is 24.8. The molecule has 28 heavy (non-hydrogen) atoms. The van der Waals surface area contributed by atoms with Gasteiger partial charge in [0.25, 0.3) is 0 Å². The second-order valence-corrected chi connectivity index (χ2v) is 8.69. The van der Waals surface area contributed by atoms with Crippen LogP contribution in [-0.2, 0) is 30.7 Å². The van der Waals surface area contributed by atoms with Gasteiger partial charge in [0, 0.05) is 56.8 Å². The van der Waals surface area contributed by atoms with Gasteiger partial charge in [-0.25, -0.2) is 0 Å². The number of nitrogens with one attached hydrogen (secondary N) is 1. The zero-order valence-corrected chi connectivity index (χ0v) is 16.7. The van der Waals surface area contributed by atoms with Crippen molar-refractivity contribution in [1.82, 2.24) is 15.2 Å². The maximum absolute atomic E-state index is 6.09. The molecule has 0 amide bonds. The minimum atomic E-state index is 0.387. The Bertz CT molecular complexity index is 839. The van der Waals surface area contributed by atoms with Crippen LogP contribution in [0.5, 0.6) is 0 Å². The molecule has 148 valence electrons. The van der Waals surface area contributed by atoms with Gasteiger partial charge in [0.05, 0.1) is 13.2 Å². The van der Waals surface area contributed by atoms with Crippen LogP contribution in [0.2, 0.25) is 0 Å². The largest absolute Gasteiger partial charge is 0.379 e. The zero-order valence-electron chi connectivity index (χ0n) is 16.7. The summed E-state index contributed by atoms with van der Waals surface area (Å²) >= 11 is 0. The summed E-state index contributed by atoms with van der Waals surface area (Å²) in [4.78, 5) is 9.12. The number of hydrogen-bond acceptors (Lipinski definition) is 5. The third-order valence-corrected chi connectivity index (χ3v) is 6.35. The molecule has 2 aromatic rings. The first kappa shape index (κ1) is 18.1. The summed E-state index contributed by atoms with van der Waals surface area (Å²) in [6.07, 6.45) is 6.11. The number of nitrogens with zero attached hydrogens (tertiary/aromatic N) is 3. The van der Waals surface area contributed by atoms with Gasteiger partial charge in [-0.05, 0) is 54.1 Å². The van der Waals surface area contributed by atoms with Gasteiger partial charge in [0.15, 0.2) is 0 Å². The summed E-state index contributed by atoms with van der Waals surface area (Å²) in [6.45, 7) is 6.93. The monoisotopic (exact) mass is 378 g/mol. The molecule has 3 aliphatic heterocycles. The van der Waals surface area contributed by atoms with E-state index in [-0.39, 0.29) is 0 Å². The number of anilines is 1. The van der Waals surface area contributed by atoms with E-state index in [4.69, 9.17) is 4.74 Å². The SMILES string of the molecule is CN1Cc2ccc(CC3CNC(CN4CCc5cnccc54)COC3)cc2C1. The molecular formula is C23H30N4O. The Balaban J connectivity index is 1.17. The first-order valence-electron chi connectivity index (χ1n) is 10.5. The fourth-order valence-corrected chi connectivity index (χ4v) is 4.91. The molecule has 1 fully saturated rings. The lowest BCUT2D eigenvalue weighted by Crippen LogP contribution is -2.43. The highest BCUT2D eigenvalue weighted by Gasteiger charge is 2.25. The van der Waals surface area contributed by atoms with Crippen molar-refractivity contribution >= 4 is 5.69 Å². The predicted molar refractivity (Wildman–Crippen MR) is 112 cm³/mol. The molecule has 0 bridgehead atoms. The van der Waals surface area contributed by atoms with Crippen LogP contribution >= 0.6 is 0 Å². The van der Waals surface area contributed by atoms with Crippen molar-refractivity contribution in [2.24, 2.45) is 5.92 Å². The number of rotatable bonds is 4. The molecule has 0 spiro atoms. The molecular weight excluding hydrogens is 348 g/mol. The molecule has 1 aromatic heterocycles. The highest BCUT2D eigenvalue weighted by Crippen LogP contribution is 2.27. The maximum atomic E-state index is 6.09. The van der Waals surface area contributed by atoms with E-state index in [2.05, 4.69) is 51.4 Å². The fraction of sp³-hybridized carbons (Fsp3) is 0.522. The average molecular weight is 379 g/mol. The highest BCUT2D eigenvalue weighted by molar-refractivity contribution is 5.56. The lowest BCUT2D eigenvalue weighted by atomic mass is 9.97. The molecule has 0 aliphatic carbocycles. The Labute approximate surface area is 167 Å². The Morgan fingerprint density at radius 2 is 2.07 bits per heavy atom. The van der Waals surface area contributed by atoms with Crippen molar-refractivity contribution < 1.29 is 4.74 Å². The minimum Gasteiger partial charge on any atom is -0.379 e. The van der Waals surface area contributed by atoms with E-state index in [1.54, 1.807) is 0 Å². The van der Waals surface area contributed by atoms with Crippen molar-refractivity contribution in [3.05, 3.63) is 58.9 Å². The number of pyridine rings is 1. The van der Waals surface area contributed by atoms with Crippen LogP contribution in [0.25, 0.3) is 0 Å². The van der Waals surface area contributed by atoms with E-state index in [0.717, 1.165) is 58.8 Å². The molecule has 5 rings (SSSR count). The quantitative estimate of drug-likeness (QED) is 0.884. The fourth-order valence-electron chi connectivity index (χ4n) is 4.91. The molecule has 2 atom stereocenters. The summed E-state index contributed by atoms with van der Waals surface area (Å²) < 4.78 is 6.09. The lowest BCUT2D eigenvalue weighted by molar-refractivity contribution is 0.110. The van der Waals surface area contributed by atoms with Crippen molar-refractivity contribution in [3.8, 4) is 0 Å². The third kappa shape index (κ3) is 3.79. The maximum Gasteiger partial charge on any atom is 0.0637 e. The van der Waals surface area contributed by atoms with E-state index in [1.165, 1.54) is 27.9 Å². The van der Waals surface area contributed by atoms with Crippen LogP contribution < -0.4 is 10.2 Å². The summed E-state index contributed by atoms with van der Waals surface area (Å²) in [5.74, 6) is 0.539. The number of hydrogen-bond donors (Lipinski definition) is 1. The number of ether oxygens (including phenoxy) is 1. The summed E-state index contributed by atoms with van der Waals surface area (Å²) in [6, 6.07) is 9.58. The smallest absolute Gasteiger partial charge is 0.0637 e. The van der Waals surface area contributed by atoms with Gasteiger partial charge in [-0.1, -0.05) is 18.2 Å². The van der Waals surface area contributed by atoms with Gasteiger partial charge in [0.2, 0.25) is 0 Å². The van der Waals surface area contributed by atoms with E-state index in [9.17, 15) is 0 Å². The average Bonchev–Trinajstić information content (AvgIpc) is 3.19. The van der Waals surface area contributed by atoms with Crippen molar-refractivity contribution in [2.75, 3.05) is 44.8 Å². The molecule has 3 aliphatic rings. The second-order valence-electron chi connectivity index (χ2n) is 8.69. The van der Waals surface area contributed by atoms with E-state index in [1.807, 2.05) is 12.4 Å². The van der Waals surface area contributed by atoms with Crippen LogP contribution in [0.4, 0.5) is 5.69 Å². The first-order chi connectivity index (χ1) is 13.7. The molecule has 0 radical (unpaired) electrons. The Hall–Kier alpha value is -1.95. The van der Waals surface area contributed by atoms with Gasteiger partial charge in [-0.2, -0.15) is 0 Å². The molecule has 5 nitrogen and oxygen atoms in total. The van der Waals surface area contributed by atoms with Gasteiger partial charge in [-0.3, -0.25) is 9.88 Å². The number of aromatic nitrogens is 1. The van der Waals surface area contributed by atoms with Crippen LogP contribution in [0.3, 0.4) is 0 Å². The van der Waals surface area contributed by atoms with Crippen molar-refractivity contribution in [2.45, 2.75) is 32.0 Å². The van der Waals surface area contributed by atoms with Crippen LogP contribution in [0, 0.1) is 5.92 Å². The van der Waals surface area contributed by atoms with E-state index in [0.29, 0.717) is 12.0 Å². The van der Waals surface area contributed by atoms with Crippen molar-refractivity contribution in [3.63, 3.8) is 0 Å². The molecule has 5 heteroatoms. The Kier molecular flexibility index (Phi) is 5.05. The third-order valence-electron chi connectivity index (χ3n) is 6.35. The summed E-state index contributed by atoms with van der Waals surface area (Å²) in [5.41, 5.74) is 7.16. The van der Waals surface area contributed by atoms with Gasteiger partial charge >= 0.3 is 0 Å². The number of fused-ring (bicyclic) bond motifs is 2. The molecule has 0 saturated carbocycles. The van der Waals surface area contributed by atoms with Crippen LogP contribution in [-0.4, -0.2) is 55.8 Å². The lowest BCUT2D eigenvalue weighted by Gasteiger charge is -2.25. The van der Waals surface area contributed by atoms with Crippen LogP contribution in [0.1, 0.15) is 22.3 Å². The molecule has 1 aromatic carbocycles. The second kappa shape index (κ2) is 7.82. The predicted octanol–water partition coefficient (Wildman–Crippen LogP) is 2.24. The molecule has 4 heterocycles. The highest BCUT2D eigenvalue weighted by atomic mass is 16.5. The van der Waals surface area contributed by atoms with E-state index < -0.39 is 0 Å². The first-order valence-corrected chi connectivity index (χ1v) is 10.5. The molecule has 1 saturated heterocycles. The Morgan fingerprint density at radius 3 is 3.04 bits per heavy atom. The topological polar surface area (TPSA) is 40.6 Å². The standard InChI is InChI=1S/C23H30N4O/c1-26-12-20-3-2-17(9-21(20)13-26)8-18-10-25-22(16-28-15-18)14-27-7-5-19-11-24-6-4-23(19)27/h2-4,6,9,11,18,22,25H,5,7-8,10,12-16H2,1H3. The van der Waals surface area contributed by atoms with Crippen molar-refractivity contribution in [1.29, 1.82) is 0 Å². The van der Waals surface area contributed by atoms with Gasteiger partial charge in [0.1, 0.15) is 0 Å². The Morgan fingerprint density at radius 1 is 1.14 bits per heavy atom. The summed E-state index contributed by atoms with van der Waals surface area (Å²) in [7, 11) is 2.19. The molecule has 2 unspecified atom stereocenters. The van der Waals surface area contributed by atoms with Gasteiger partial charge in [-0.15, -0.1) is 0 Å². The van der Waals surface area contributed by atoms with Gasteiger partial charge < -0.3 is 15.0 Å². The summed E-state index contributed by atoms with van der Waals surface area (Å²) in [5, 5.41) is 3.78. The van der Waals surface area contributed by atoms with E-state index >= 15 is 0 Å². The number of benzene rings is 1. The van der Waals surface area contributed by atoms with Crippen LogP contribution in [0.15, 0.2) is 36.7 Å². The molecule has 1 N–H and O–H groups in total.